The van der Waals surface area contributed by atoms with E-state index in [-0.39, 0.29) is 18.3 Å². The van der Waals surface area contributed by atoms with Crippen molar-refractivity contribution in [3.63, 3.8) is 0 Å². The first-order valence-electron chi connectivity index (χ1n) is 10.2. The Morgan fingerprint density at radius 1 is 1.06 bits per heavy atom. The minimum atomic E-state index is -0.502. The van der Waals surface area contributed by atoms with Crippen LogP contribution in [0.15, 0.2) is 54.6 Å². The van der Waals surface area contributed by atoms with Crippen molar-refractivity contribution in [2.75, 3.05) is 11.9 Å². The van der Waals surface area contributed by atoms with E-state index in [1.807, 2.05) is 30.3 Å². The maximum atomic E-state index is 12.8. The van der Waals surface area contributed by atoms with E-state index in [0.29, 0.717) is 27.9 Å². The van der Waals surface area contributed by atoms with Gasteiger partial charge in [-0.25, -0.2) is 0 Å². The second-order valence-electron chi connectivity index (χ2n) is 7.78. The van der Waals surface area contributed by atoms with Crippen molar-refractivity contribution in [1.29, 1.82) is 0 Å². The van der Waals surface area contributed by atoms with Crippen molar-refractivity contribution in [2.24, 2.45) is 5.73 Å². The summed E-state index contributed by atoms with van der Waals surface area (Å²) in [5, 5.41) is 3.42. The first-order valence-corrected chi connectivity index (χ1v) is 11.1. The van der Waals surface area contributed by atoms with E-state index in [1.165, 1.54) is 11.3 Å². The standard InChI is InChI=1S/C24H25N3O3S.ClH/c1-15(2)27-13-12-19-20(14-27)31-24(21(19)22(25)28)26-23(29)16-8-10-18(11-9-16)30-17-6-4-3-5-7-17;/h3-11,15H,12-14H2,1-2H3,(H2,25,28)(H,26,29);1H. The second-order valence-corrected chi connectivity index (χ2v) is 8.89. The lowest BCUT2D eigenvalue weighted by Gasteiger charge is -2.30. The Bertz CT molecular complexity index is 1100. The first kappa shape index (κ1) is 23.8. The molecular formula is C24H26ClN3O3S. The third-order valence-electron chi connectivity index (χ3n) is 5.39. The van der Waals surface area contributed by atoms with Crippen LogP contribution in [0.5, 0.6) is 11.5 Å². The summed E-state index contributed by atoms with van der Waals surface area (Å²) in [7, 11) is 0. The van der Waals surface area contributed by atoms with Crippen LogP contribution >= 0.6 is 23.7 Å². The average molecular weight is 472 g/mol. The minimum absolute atomic E-state index is 0. The Balaban J connectivity index is 0.00000289. The van der Waals surface area contributed by atoms with Crippen LogP contribution in [0, 0.1) is 0 Å². The molecule has 0 fully saturated rings. The summed E-state index contributed by atoms with van der Waals surface area (Å²) in [6.45, 7) is 5.94. The smallest absolute Gasteiger partial charge is 0.256 e. The first-order chi connectivity index (χ1) is 14.9. The number of halogens is 1. The van der Waals surface area contributed by atoms with Crippen molar-refractivity contribution >= 4 is 40.6 Å². The van der Waals surface area contributed by atoms with Gasteiger partial charge in [0.1, 0.15) is 16.5 Å². The zero-order valence-corrected chi connectivity index (χ0v) is 19.6. The molecule has 6 nitrogen and oxygen atoms in total. The summed E-state index contributed by atoms with van der Waals surface area (Å²) in [5.41, 5.74) is 7.56. The zero-order chi connectivity index (χ0) is 22.0. The fourth-order valence-electron chi connectivity index (χ4n) is 3.69. The quantitative estimate of drug-likeness (QED) is 0.525. The molecule has 1 aliphatic heterocycles. The summed E-state index contributed by atoms with van der Waals surface area (Å²) < 4.78 is 5.77. The topological polar surface area (TPSA) is 84.7 Å². The van der Waals surface area contributed by atoms with Gasteiger partial charge in [0.25, 0.3) is 11.8 Å². The Labute approximate surface area is 197 Å². The monoisotopic (exact) mass is 471 g/mol. The van der Waals surface area contributed by atoms with Gasteiger partial charge >= 0.3 is 0 Å². The number of nitrogens with one attached hydrogen (secondary N) is 1. The van der Waals surface area contributed by atoms with Crippen LogP contribution in [0.4, 0.5) is 5.00 Å². The molecule has 2 aromatic carbocycles. The highest BCUT2D eigenvalue weighted by atomic mass is 35.5. The van der Waals surface area contributed by atoms with E-state index in [1.54, 1.807) is 24.3 Å². The number of fused-ring (bicyclic) bond motifs is 1. The molecule has 0 bridgehead atoms. The van der Waals surface area contributed by atoms with Gasteiger partial charge in [-0.1, -0.05) is 18.2 Å². The average Bonchev–Trinajstić information content (AvgIpc) is 3.12. The Morgan fingerprint density at radius 2 is 1.72 bits per heavy atom. The van der Waals surface area contributed by atoms with Gasteiger partial charge in [-0.15, -0.1) is 23.7 Å². The molecule has 4 rings (SSSR count). The molecule has 0 saturated carbocycles. The van der Waals surface area contributed by atoms with Crippen LogP contribution in [0.3, 0.4) is 0 Å². The molecule has 2 heterocycles. The van der Waals surface area contributed by atoms with Crippen molar-refractivity contribution in [3.8, 4) is 11.5 Å². The number of carbonyl (C=O) groups is 2. The molecule has 0 spiro atoms. The van der Waals surface area contributed by atoms with E-state index in [9.17, 15) is 9.59 Å². The molecule has 0 atom stereocenters. The number of primary amides is 1. The second kappa shape index (κ2) is 10.2. The van der Waals surface area contributed by atoms with Gasteiger partial charge in [-0.05, 0) is 62.2 Å². The van der Waals surface area contributed by atoms with E-state index < -0.39 is 5.91 Å². The molecule has 0 aliphatic carbocycles. The summed E-state index contributed by atoms with van der Waals surface area (Å²) in [4.78, 5) is 28.4. The Hall–Kier alpha value is -2.87. The number of nitrogens with zero attached hydrogens (tertiary/aromatic N) is 1. The predicted molar refractivity (Wildman–Crippen MR) is 130 cm³/mol. The minimum Gasteiger partial charge on any atom is -0.457 e. The van der Waals surface area contributed by atoms with Crippen LogP contribution in [-0.2, 0) is 13.0 Å². The molecule has 0 radical (unpaired) electrons. The number of carbonyl (C=O) groups excluding carboxylic acids is 2. The molecule has 2 amide bonds. The van der Waals surface area contributed by atoms with Gasteiger partial charge in [-0.2, -0.15) is 0 Å². The molecule has 32 heavy (non-hydrogen) atoms. The Morgan fingerprint density at radius 3 is 2.34 bits per heavy atom. The summed E-state index contributed by atoms with van der Waals surface area (Å²) in [5.74, 6) is 0.580. The highest BCUT2D eigenvalue weighted by Gasteiger charge is 2.28. The number of benzene rings is 2. The lowest BCUT2D eigenvalue weighted by Crippen LogP contribution is -2.35. The van der Waals surface area contributed by atoms with E-state index in [4.69, 9.17) is 10.5 Å². The number of amides is 2. The van der Waals surface area contributed by atoms with Crippen LogP contribution in [-0.4, -0.2) is 29.3 Å². The number of para-hydroxylation sites is 1. The molecular weight excluding hydrogens is 446 g/mol. The zero-order valence-electron chi connectivity index (χ0n) is 18.0. The number of ether oxygens (including phenoxy) is 1. The number of nitrogens with two attached hydrogens (primary N) is 1. The van der Waals surface area contributed by atoms with Crippen molar-refractivity contribution in [1.82, 2.24) is 4.90 Å². The number of anilines is 1. The highest BCUT2D eigenvalue weighted by Crippen LogP contribution is 2.37. The van der Waals surface area contributed by atoms with Crippen molar-refractivity contribution in [3.05, 3.63) is 76.2 Å². The summed E-state index contributed by atoms with van der Waals surface area (Å²) in [6, 6.07) is 16.8. The Kier molecular flexibility index (Phi) is 7.56. The molecule has 3 N–H and O–H groups in total. The van der Waals surface area contributed by atoms with Crippen molar-refractivity contribution < 1.29 is 14.3 Å². The van der Waals surface area contributed by atoms with Gasteiger partial charge in [0, 0.05) is 29.6 Å². The molecule has 0 saturated heterocycles. The summed E-state index contributed by atoms with van der Waals surface area (Å²) >= 11 is 1.44. The maximum absolute atomic E-state index is 12.8. The normalized spacial score (nSPS) is 13.2. The lowest BCUT2D eigenvalue weighted by atomic mass is 10.0. The molecule has 8 heteroatoms. The van der Waals surface area contributed by atoms with Crippen LogP contribution in [0.25, 0.3) is 0 Å². The molecule has 1 aromatic heterocycles. The number of rotatable bonds is 6. The highest BCUT2D eigenvalue weighted by molar-refractivity contribution is 7.17. The van der Waals surface area contributed by atoms with Gasteiger partial charge in [0.15, 0.2) is 0 Å². The molecule has 3 aromatic rings. The molecule has 168 valence electrons. The molecule has 1 aliphatic rings. The number of thiophene rings is 1. The molecule has 0 unspecified atom stereocenters. The van der Waals surface area contributed by atoms with E-state index in [2.05, 4.69) is 24.1 Å². The fraction of sp³-hybridized carbons (Fsp3) is 0.250. The van der Waals surface area contributed by atoms with Crippen LogP contribution in [0.1, 0.15) is 45.0 Å². The SMILES string of the molecule is CC(C)N1CCc2c(sc(NC(=O)c3ccc(Oc4ccccc4)cc3)c2C(N)=O)C1.Cl. The van der Waals surface area contributed by atoms with Crippen LogP contribution < -0.4 is 15.8 Å². The van der Waals surface area contributed by atoms with Crippen LogP contribution in [0.2, 0.25) is 0 Å². The maximum Gasteiger partial charge on any atom is 0.256 e. The number of hydrogen-bond donors (Lipinski definition) is 2. The van der Waals surface area contributed by atoms with Crippen molar-refractivity contribution in [2.45, 2.75) is 32.9 Å². The van der Waals surface area contributed by atoms with Gasteiger partial charge in [0.2, 0.25) is 0 Å². The van der Waals surface area contributed by atoms with Gasteiger partial charge < -0.3 is 15.8 Å². The summed E-state index contributed by atoms with van der Waals surface area (Å²) in [6.07, 6.45) is 0.754. The predicted octanol–water partition coefficient (Wildman–Crippen LogP) is 5.08. The third kappa shape index (κ3) is 5.12. The lowest BCUT2D eigenvalue weighted by molar-refractivity contribution is 0.0999. The third-order valence-corrected chi connectivity index (χ3v) is 6.52. The largest absolute Gasteiger partial charge is 0.457 e. The van der Waals surface area contributed by atoms with Gasteiger partial charge in [0.05, 0.1) is 5.56 Å². The number of hydrogen-bond acceptors (Lipinski definition) is 5. The van der Waals surface area contributed by atoms with E-state index in [0.717, 1.165) is 35.7 Å². The van der Waals surface area contributed by atoms with Gasteiger partial charge in [-0.3, -0.25) is 14.5 Å². The van der Waals surface area contributed by atoms with E-state index >= 15 is 0 Å². The fourth-order valence-corrected chi connectivity index (χ4v) is 4.96.